The Morgan fingerprint density at radius 3 is 1.00 bits per heavy atom. The van der Waals surface area contributed by atoms with Crippen molar-refractivity contribution in [2.45, 2.75) is 80.1 Å². The molecule has 1 heteroatoms. The van der Waals surface area contributed by atoms with E-state index < -0.39 is 0 Å². The van der Waals surface area contributed by atoms with Gasteiger partial charge in [0.15, 0.2) is 0 Å². The molecule has 0 fully saturated rings. The normalized spacial score (nSPS) is 12.3. The van der Waals surface area contributed by atoms with Crippen molar-refractivity contribution in [3.05, 3.63) is 0 Å². The molecule has 19 heavy (non-hydrogen) atoms. The second-order valence-corrected chi connectivity index (χ2v) is 7.45. The molecule has 0 aromatic carbocycles. The fourth-order valence-corrected chi connectivity index (χ4v) is 2.50. The van der Waals surface area contributed by atoms with Gasteiger partial charge >= 0.3 is 0 Å². The zero-order valence-electron chi connectivity index (χ0n) is 14.5. The highest BCUT2D eigenvalue weighted by Crippen LogP contribution is 2.11. The molecule has 0 radical (unpaired) electrons. The highest BCUT2D eigenvalue weighted by Gasteiger charge is 2.06. The first-order valence-electron chi connectivity index (χ1n) is 8.64. The molecule has 0 unspecified atom stereocenters. The van der Waals surface area contributed by atoms with Crippen molar-refractivity contribution < 1.29 is 0 Å². The lowest BCUT2D eigenvalue weighted by Crippen LogP contribution is -2.28. The van der Waals surface area contributed by atoms with E-state index in [1.807, 2.05) is 0 Å². The highest BCUT2D eigenvalue weighted by molar-refractivity contribution is 4.61. The zero-order chi connectivity index (χ0) is 14.7. The van der Waals surface area contributed by atoms with Gasteiger partial charge in [0, 0.05) is 0 Å². The van der Waals surface area contributed by atoms with E-state index in [4.69, 9.17) is 0 Å². The molecule has 0 N–H and O–H groups in total. The molecule has 116 valence electrons. The van der Waals surface area contributed by atoms with Crippen LogP contribution in [-0.2, 0) is 0 Å². The van der Waals surface area contributed by atoms with Crippen molar-refractivity contribution in [3.63, 3.8) is 0 Å². The van der Waals surface area contributed by atoms with Gasteiger partial charge in [0.25, 0.3) is 0 Å². The summed E-state index contributed by atoms with van der Waals surface area (Å²) in [7, 11) is 0. The predicted molar refractivity (Wildman–Crippen MR) is 88.7 cm³/mol. The van der Waals surface area contributed by atoms with Gasteiger partial charge in [-0.15, -0.1) is 0 Å². The van der Waals surface area contributed by atoms with Crippen LogP contribution in [0.25, 0.3) is 0 Å². The molecule has 0 aliphatic rings. The van der Waals surface area contributed by atoms with Crippen LogP contribution in [0.15, 0.2) is 0 Å². The van der Waals surface area contributed by atoms with E-state index in [9.17, 15) is 0 Å². The molecule has 0 aromatic heterocycles. The van der Waals surface area contributed by atoms with E-state index in [1.54, 1.807) is 0 Å². The Kier molecular flexibility index (Phi) is 11.7. The van der Waals surface area contributed by atoms with Crippen LogP contribution >= 0.6 is 0 Å². The zero-order valence-corrected chi connectivity index (χ0v) is 14.5. The molecule has 1 nitrogen and oxygen atoms in total. The standard InChI is InChI=1S/C18H39N/c1-16(2)10-7-13-19(14-8-11-17(3)4)15-9-12-18(5)6/h16-18H,7-15H2,1-6H3. The average molecular weight is 270 g/mol. The van der Waals surface area contributed by atoms with Gasteiger partial charge in [0.05, 0.1) is 0 Å². The molecule has 0 aliphatic heterocycles. The maximum Gasteiger partial charge on any atom is -0.00186 e. The molecule has 0 rings (SSSR count). The van der Waals surface area contributed by atoms with Gasteiger partial charge in [-0.05, 0) is 75.9 Å². The summed E-state index contributed by atoms with van der Waals surface area (Å²) >= 11 is 0. The van der Waals surface area contributed by atoms with Gasteiger partial charge in [-0.2, -0.15) is 0 Å². The van der Waals surface area contributed by atoms with Crippen LogP contribution in [0.4, 0.5) is 0 Å². The van der Waals surface area contributed by atoms with Crippen LogP contribution in [-0.4, -0.2) is 24.5 Å². The Hall–Kier alpha value is -0.0400. The van der Waals surface area contributed by atoms with Gasteiger partial charge in [-0.25, -0.2) is 0 Å². The molecule has 0 atom stereocenters. The van der Waals surface area contributed by atoms with Gasteiger partial charge in [0.1, 0.15) is 0 Å². The lowest BCUT2D eigenvalue weighted by molar-refractivity contribution is 0.245. The number of hydrogen-bond acceptors (Lipinski definition) is 1. The molecule has 0 saturated heterocycles. The summed E-state index contributed by atoms with van der Waals surface area (Å²) in [6.07, 6.45) is 8.27. The summed E-state index contributed by atoms with van der Waals surface area (Å²) in [6, 6.07) is 0. The van der Waals surface area contributed by atoms with Gasteiger partial charge in [-0.1, -0.05) is 41.5 Å². The maximum atomic E-state index is 2.72. The topological polar surface area (TPSA) is 3.24 Å². The quantitative estimate of drug-likeness (QED) is 0.446. The maximum absolute atomic E-state index is 2.72. The first-order chi connectivity index (χ1) is 8.91. The molecule has 0 heterocycles. The fourth-order valence-electron chi connectivity index (χ4n) is 2.50. The molecule has 0 bridgehead atoms. The highest BCUT2D eigenvalue weighted by atomic mass is 15.1. The second-order valence-electron chi connectivity index (χ2n) is 7.45. The number of hydrogen-bond donors (Lipinski definition) is 0. The van der Waals surface area contributed by atoms with Gasteiger partial charge in [-0.3, -0.25) is 0 Å². The molecule has 0 amide bonds. The molecule has 0 saturated carbocycles. The minimum atomic E-state index is 0.855. The summed E-state index contributed by atoms with van der Waals surface area (Å²) in [6.45, 7) is 18.0. The third-order valence-corrected chi connectivity index (χ3v) is 3.77. The van der Waals surface area contributed by atoms with E-state index in [1.165, 1.54) is 58.2 Å². The Morgan fingerprint density at radius 1 is 0.526 bits per heavy atom. The molecule has 0 aliphatic carbocycles. The van der Waals surface area contributed by atoms with E-state index in [0.29, 0.717) is 0 Å². The molecule has 0 aromatic rings. The number of nitrogens with zero attached hydrogens (tertiary/aromatic N) is 1. The van der Waals surface area contributed by atoms with Crippen molar-refractivity contribution in [3.8, 4) is 0 Å². The van der Waals surface area contributed by atoms with Crippen LogP contribution in [0.5, 0.6) is 0 Å². The Morgan fingerprint density at radius 2 is 0.789 bits per heavy atom. The SMILES string of the molecule is CC(C)CCCN(CCCC(C)C)CCCC(C)C. The van der Waals surface area contributed by atoms with Crippen LogP contribution in [0.2, 0.25) is 0 Å². The van der Waals surface area contributed by atoms with Crippen molar-refractivity contribution in [1.29, 1.82) is 0 Å². The fraction of sp³-hybridized carbons (Fsp3) is 1.00. The monoisotopic (exact) mass is 269 g/mol. The van der Waals surface area contributed by atoms with E-state index in [2.05, 4.69) is 46.4 Å². The van der Waals surface area contributed by atoms with Crippen molar-refractivity contribution in [1.82, 2.24) is 4.90 Å². The van der Waals surface area contributed by atoms with Crippen LogP contribution < -0.4 is 0 Å². The van der Waals surface area contributed by atoms with Crippen molar-refractivity contribution >= 4 is 0 Å². The minimum absolute atomic E-state index is 0.855. The first kappa shape index (κ1) is 19.0. The number of rotatable bonds is 12. The third kappa shape index (κ3) is 14.2. The minimum Gasteiger partial charge on any atom is -0.303 e. The molecular weight excluding hydrogens is 230 g/mol. The third-order valence-electron chi connectivity index (χ3n) is 3.77. The molecule has 0 spiro atoms. The van der Waals surface area contributed by atoms with Crippen LogP contribution in [0.3, 0.4) is 0 Å². The van der Waals surface area contributed by atoms with Crippen molar-refractivity contribution in [2.24, 2.45) is 17.8 Å². The van der Waals surface area contributed by atoms with Crippen LogP contribution in [0.1, 0.15) is 80.1 Å². The largest absolute Gasteiger partial charge is 0.303 e. The lowest BCUT2D eigenvalue weighted by Gasteiger charge is -2.23. The predicted octanol–water partition coefficient (Wildman–Crippen LogP) is 5.60. The summed E-state index contributed by atoms with van der Waals surface area (Å²) in [5, 5.41) is 0. The van der Waals surface area contributed by atoms with Crippen molar-refractivity contribution in [2.75, 3.05) is 19.6 Å². The summed E-state index contributed by atoms with van der Waals surface area (Å²) in [5.74, 6) is 2.56. The Labute approximate surface area is 123 Å². The van der Waals surface area contributed by atoms with Gasteiger partial charge < -0.3 is 4.90 Å². The Balaban J connectivity index is 3.85. The summed E-state index contributed by atoms with van der Waals surface area (Å²) in [4.78, 5) is 2.72. The lowest BCUT2D eigenvalue weighted by atomic mass is 10.1. The Bertz CT molecular complexity index is 151. The first-order valence-corrected chi connectivity index (χ1v) is 8.64. The molecular formula is C18H39N. The van der Waals surface area contributed by atoms with E-state index >= 15 is 0 Å². The van der Waals surface area contributed by atoms with E-state index in [-0.39, 0.29) is 0 Å². The van der Waals surface area contributed by atoms with Gasteiger partial charge in [0.2, 0.25) is 0 Å². The average Bonchev–Trinajstić information content (AvgIpc) is 2.26. The second kappa shape index (κ2) is 11.8. The van der Waals surface area contributed by atoms with Crippen LogP contribution in [0, 0.1) is 17.8 Å². The smallest absolute Gasteiger partial charge is 0.00186 e. The van der Waals surface area contributed by atoms with E-state index in [0.717, 1.165) is 17.8 Å². The summed E-state index contributed by atoms with van der Waals surface area (Å²) in [5.41, 5.74) is 0. The summed E-state index contributed by atoms with van der Waals surface area (Å²) < 4.78 is 0.